The lowest BCUT2D eigenvalue weighted by molar-refractivity contribution is -0.129. The minimum Gasteiger partial charge on any atom is -0.393 e. The Hall–Kier alpha value is -1.88. The zero-order valence-corrected chi connectivity index (χ0v) is 13.2. The van der Waals surface area contributed by atoms with E-state index in [4.69, 9.17) is 0 Å². The predicted molar refractivity (Wildman–Crippen MR) is 85.4 cm³/mol. The van der Waals surface area contributed by atoms with E-state index in [1.165, 1.54) is 0 Å². The topological polar surface area (TPSA) is 69.6 Å². The minimum atomic E-state index is -0.399. The zero-order chi connectivity index (χ0) is 16.1. The molecule has 0 heterocycles. The number of nitrogens with zero attached hydrogens (tertiary/aromatic N) is 1. The summed E-state index contributed by atoms with van der Waals surface area (Å²) in [6, 6.07) is 7.39. The van der Waals surface area contributed by atoms with E-state index in [2.05, 4.69) is 5.32 Å². The maximum absolute atomic E-state index is 12.1. The minimum absolute atomic E-state index is 0.0235. The van der Waals surface area contributed by atoms with Gasteiger partial charge in [0.2, 0.25) is 11.8 Å². The van der Waals surface area contributed by atoms with Gasteiger partial charge in [0.15, 0.2) is 0 Å². The summed E-state index contributed by atoms with van der Waals surface area (Å²) in [5.74, 6) is 0.293. The third-order valence-corrected chi connectivity index (χ3v) is 3.83. The van der Waals surface area contributed by atoms with E-state index in [-0.39, 0.29) is 17.7 Å². The largest absolute Gasteiger partial charge is 0.393 e. The molecule has 5 nitrogen and oxygen atoms in total. The van der Waals surface area contributed by atoms with Crippen LogP contribution in [0.15, 0.2) is 24.3 Å². The van der Waals surface area contributed by atoms with E-state index in [0.29, 0.717) is 19.4 Å². The molecule has 2 N–H and O–H groups in total. The van der Waals surface area contributed by atoms with Gasteiger partial charge in [0.25, 0.3) is 0 Å². The van der Waals surface area contributed by atoms with Crippen molar-refractivity contribution in [3.05, 3.63) is 29.8 Å². The molecule has 1 aliphatic rings. The third-order valence-electron chi connectivity index (χ3n) is 3.83. The zero-order valence-electron chi connectivity index (χ0n) is 13.2. The first kappa shape index (κ1) is 16.5. The molecule has 0 spiro atoms. The SMILES string of the molecule is CC(O)CCN(C)C(=O)Cc1ccc(NC(=O)C2CC2)cc1. The summed E-state index contributed by atoms with van der Waals surface area (Å²) < 4.78 is 0. The van der Waals surface area contributed by atoms with Crippen molar-refractivity contribution in [1.29, 1.82) is 0 Å². The number of hydrogen-bond acceptors (Lipinski definition) is 3. The lowest BCUT2D eigenvalue weighted by Crippen LogP contribution is -2.30. The van der Waals surface area contributed by atoms with Crippen molar-refractivity contribution in [2.24, 2.45) is 5.92 Å². The second kappa shape index (κ2) is 7.40. The van der Waals surface area contributed by atoms with Gasteiger partial charge in [-0.2, -0.15) is 0 Å². The second-order valence-electron chi connectivity index (χ2n) is 6.09. The summed E-state index contributed by atoms with van der Waals surface area (Å²) in [7, 11) is 1.74. The first-order valence-corrected chi connectivity index (χ1v) is 7.77. The van der Waals surface area contributed by atoms with E-state index in [9.17, 15) is 14.7 Å². The highest BCUT2D eigenvalue weighted by Crippen LogP contribution is 2.30. The van der Waals surface area contributed by atoms with Crippen LogP contribution in [0.5, 0.6) is 0 Å². The molecule has 1 atom stereocenters. The molecule has 22 heavy (non-hydrogen) atoms. The van der Waals surface area contributed by atoms with Gasteiger partial charge in [-0.05, 0) is 43.9 Å². The molecule has 0 aliphatic heterocycles. The molecular weight excluding hydrogens is 280 g/mol. The molecule has 2 rings (SSSR count). The van der Waals surface area contributed by atoms with Crippen LogP contribution in [-0.4, -0.2) is 41.5 Å². The number of anilines is 1. The number of nitrogens with one attached hydrogen (secondary N) is 1. The average Bonchev–Trinajstić information content (AvgIpc) is 3.31. The normalized spacial score (nSPS) is 15.2. The number of carbonyl (C=O) groups excluding carboxylic acids is 2. The molecule has 1 aromatic carbocycles. The Kier molecular flexibility index (Phi) is 5.55. The van der Waals surface area contributed by atoms with E-state index < -0.39 is 6.10 Å². The van der Waals surface area contributed by atoms with Crippen molar-refractivity contribution in [3.63, 3.8) is 0 Å². The van der Waals surface area contributed by atoms with Gasteiger partial charge in [0.1, 0.15) is 0 Å². The molecule has 5 heteroatoms. The lowest BCUT2D eigenvalue weighted by Gasteiger charge is -2.18. The number of benzene rings is 1. The van der Waals surface area contributed by atoms with Crippen molar-refractivity contribution in [2.75, 3.05) is 18.9 Å². The van der Waals surface area contributed by atoms with Crippen molar-refractivity contribution in [1.82, 2.24) is 4.90 Å². The highest BCUT2D eigenvalue weighted by atomic mass is 16.3. The number of amides is 2. The van der Waals surface area contributed by atoms with Gasteiger partial charge in [-0.3, -0.25) is 9.59 Å². The first-order chi connectivity index (χ1) is 10.5. The van der Waals surface area contributed by atoms with E-state index >= 15 is 0 Å². The highest BCUT2D eigenvalue weighted by Gasteiger charge is 2.29. The number of carbonyl (C=O) groups is 2. The fraction of sp³-hybridized carbons (Fsp3) is 0.529. The van der Waals surface area contributed by atoms with Crippen LogP contribution in [0.3, 0.4) is 0 Å². The molecule has 1 aliphatic carbocycles. The van der Waals surface area contributed by atoms with Crippen molar-refractivity contribution in [3.8, 4) is 0 Å². The molecule has 1 saturated carbocycles. The molecule has 0 radical (unpaired) electrons. The third kappa shape index (κ3) is 5.15. The Balaban J connectivity index is 1.82. The van der Waals surface area contributed by atoms with E-state index in [1.807, 2.05) is 24.3 Å². The Morgan fingerprint density at radius 2 is 1.95 bits per heavy atom. The highest BCUT2D eigenvalue weighted by molar-refractivity contribution is 5.94. The van der Waals surface area contributed by atoms with Crippen molar-refractivity contribution in [2.45, 2.75) is 38.7 Å². The van der Waals surface area contributed by atoms with Crippen LogP contribution in [0.1, 0.15) is 31.7 Å². The summed E-state index contributed by atoms with van der Waals surface area (Å²) in [6.07, 6.45) is 2.47. The summed E-state index contributed by atoms with van der Waals surface area (Å²) in [5, 5.41) is 12.1. The van der Waals surface area contributed by atoms with Gasteiger partial charge in [-0.1, -0.05) is 12.1 Å². The van der Waals surface area contributed by atoms with Crippen LogP contribution in [0.25, 0.3) is 0 Å². The number of hydrogen-bond donors (Lipinski definition) is 2. The van der Waals surface area contributed by atoms with Gasteiger partial charge < -0.3 is 15.3 Å². The smallest absolute Gasteiger partial charge is 0.227 e. The van der Waals surface area contributed by atoms with Crippen molar-refractivity contribution >= 4 is 17.5 Å². The predicted octanol–water partition coefficient (Wildman–Crippen LogP) is 1.81. The fourth-order valence-corrected chi connectivity index (χ4v) is 2.11. The summed E-state index contributed by atoms with van der Waals surface area (Å²) in [4.78, 5) is 25.4. The molecule has 0 saturated heterocycles. The molecule has 2 amide bonds. The number of aliphatic hydroxyl groups is 1. The molecular formula is C17H24N2O3. The molecule has 1 aromatic rings. The molecule has 1 unspecified atom stereocenters. The quantitative estimate of drug-likeness (QED) is 0.807. The summed E-state index contributed by atoms with van der Waals surface area (Å²) in [5.41, 5.74) is 1.69. The Labute approximate surface area is 131 Å². The first-order valence-electron chi connectivity index (χ1n) is 7.77. The monoisotopic (exact) mass is 304 g/mol. The standard InChI is InChI=1S/C17H24N2O3/c1-12(20)9-10-19(2)16(21)11-13-3-7-15(8-4-13)18-17(22)14-5-6-14/h3-4,7-8,12,14,20H,5-6,9-11H2,1-2H3,(H,18,22). The van der Waals surface area contributed by atoms with Crippen LogP contribution >= 0.6 is 0 Å². The van der Waals surface area contributed by atoms with Crippen LogP contribution in [0.4, 0.5) is 5.69 Å². The van der Waals surface area contributed by atoms with Crippen LogP contribution in [0.2, 0.25) is 0 Å². The van der Waals surface area contributed by atoms with Gasteiger partial charge in [0, 0.05) is 25.2 Å². The van der Waals surface area contributed by atoms with Crippen LogP contribution < -0.4 is 5.32 Å². The Bertz CT molecular complexity index is 521. The summed E-state index contributed by atoms with van der Waals surface area (Å²) >= 11 is 0. The van der Waals surface area contributed by atoms with Gasteiger partial charge >= 0.3 is 0 Å². The van der Waals surface area contributed by atoms with Gasteiger partial charge in [-0.15, -0.1) is 0 Å². The maximum atomic E-state index is 12.1. The molecule has 120 valence electrons. The Morgan fingerprint density at radius 1 is 1.32 bits per heavy atom. The van der Waals surface area contributed by atoms with Gasteiger partial charge in [-0.25, -0.2) is 0 Å². The number of rotatable bonds is 7. The summed E-state index contributed by atoms with van der Waals surface area (Å²) in [6.45, 7) is 2.26. The number of likely N-dealkylation sites (N-methyl/N-ethyl adjacent to an activating group) is 1. The lowest BCUT2D eigenvalue weighted by atomic mass is 10.1. The van der Waals surface area contributed by atoms with Crippen LogP contribution in [-0.2, 0) is 16.0 Å². The molecule has 1 fully saturated rings. The molecule has 0 aromatic heterocycles. The van der Waals surface area contributed by atoms with E-state index in [1.54, 1.807) is 18.9 Å². The average molecular weight is 304 g/mol. The maximum Gasteiger partial charge on any atom is 0.227 e. The molecule has 0 bridgehead atoms. The van der Waals surface area contributed by atoms with Crippen molar-refractivity contribution < 1.29 is 14.7 Å². The number of aliphatic hydroxyl groups excluding tert-OH is 1. The van der Waals surface area contributed by atoms with E-state index in [0.717, 1.165) is 24.1 Å². The second-order valence-corrected chi connectivity index (χ2v) is 6.09. The van der Waals surface area contributed by atoms with Gasteiger partial charge in [0.05, 0.1) is 12.5 Å². The Morgan fingerprint density at radius 3 is 2.50 bits per heavy atom. The van der Waals surface area contributed by atoms with Crippen LogP contribution in [0, 0.1) is 5.92 Å². The fourth-order valence-electron chi connectivity index (χ4n) is 2.11.